The number of nitrogens with zero attached hydrogens (tertiary/aromatic N) is 2. The molecule has 1 aliphatic rings. The fourth-order valence-electron chi connectivity index (χ4n) is 1.74. The van der Waals surface area contributed by atoms with E-state index in [2.05, 4.69) is 9.88 Å². The Balaban J connectivity index is 2.05. The van der Waals surface area contributed by atoms with Crippen LogP contribution in [0, 0.1) is 0 Å². The summed E-state index contributed by atoms with van der Waals surface area (Å²) in [4.78, 5) is 6.55. The van der Waals surface area contributed by atoms with E-state index in [1.54, 1.807) is 0 Å². The summed E-state index contributed by atoms with van der Waals surface area (Å²) in [7, 11) is 0. The third-order valence-corrected chi connectivity index (χ3v) is 2.65. The fourth-order valence-corrected chi connectivity index (χ4v) is 1.74. The fraction of sp³-hybridized carbons (Fsp3) is 0.545. The van der Waals surface area contributed by atoms with Crippen LogP contribution in [0.3, 0.4) is 0 Å². The third kappa shape index (κ3) is 2.46. The van der Waals surface area contributed by atoms with E-state index in [1.807, 2.05) is 31.3 Å². The van der Waals surface area contributed by atoms with Crippen molar-refractivity contribution in [1.29, 1.82) is 0 Å². The first-order valence-corrected chi connectivity index (χ1v) is 5.30. The quantitative estimate of drug-likeness (QED) is 0.773. The van der Waals surface area contributed by atoms with Gasteiger partial charge in [0.1, 0.15) is 5.82 Å². The Morgan fingerprint density at radius 3 is 3.13 bits per heavy atom. The minimum atomic E-state index is 0.0662. The van der Waals surface area contributed by atoms with Crippen LogP contribution in [0.15, 0.2) is 24.4 Å². The van der Waals surface area contributed by atoms with Crippen LogP contribution in [-0.4, -0.2) is 36.8 Å². The average molecular weight is 207 g/mol. The summed E-state index contributed by atoms with van der Waals surface area (Å²) in [5, 5.41) is 0. The van der Waals surface area contributed by atoms with Crippen LogP contribution >= 0.6 is 0 Å². The monoisotopic (exact) mass is 207 g/mol. The van der Waals surface area contributed by atoms with Crippen molar-refractivity contribution in [2.24, 2.45) is 5.73 Å². The van der Waals surface area contributed by atoms with E-state index in [1.165, 1.54) is 0 Å². The minimum Gasteiger partial charge on any atom is -0.373 e. The molecule has 1 aromatic rings. The summed E-state index contributed by atoms with van der Waals surface area (Å²) in [5.41, 5.74) is 5.84. The molecule has 4 heteroatoms. The van der Waals surface area contributed by atoms with Gasteiger partial charge in [-0.1, -0.05) is 6.07 Å². The van der Waals surface area contributed by atoms with Crippen LogP contribution in [0.5, 0.6) is 0 Å². The number of anilines is 1. The number of morpholine rings is 1. The Labute approximate surface area is 90.0 Å². The molecule has 0 aromatic carbocycles. The van der Waals surface area contributed by atoms with Crippen LogP contribution in [0.1, 0.15) is 6.92 Å². The van der Waals surface area contributed by atoms with Gasteiger partial charge in [0, 0.05) is 25.3 Å². The second kappa shape index (κ2) is 4.59. The van der Waals surface area contributed by atoms with E-state index in [9.17, 15) is 0 Å². The van der Waals surface area contributed by atoms with Gasteiger partial charge in [0.2, 0.25) is 0 Å². The van der Waals surface area contributed by atoms with E-state index in [4.69, 9.17) is 10.5 Å². The largest absolute Gasteiger partial charge is 0.373 e. The second-order valence-corrected chi connectivity index (χ2v) is 3.90. The third-order valence-electron chi connectivity index (χ3n) is 2.65. The molecular weight excluding hydrogens is 190 g/mol. The molecule has 15 heavy (non-hydrogen) atoms. The highest BCUT2D eigenvalue weighted by Gasteiger charge is 2.23. The van der Waals surface area contributed by atoms with Crippen LogP contribution in [0.4, 0.5) is 5.82 Å². The van der Waals surface area contributed by atoms with Crippen molar-refractivity contribution in [2.75, 3.05) is 24.6 Å². The van der Waals surface area contributed by atoms with E-state index in [-0.39, 0.29) is 12.1 Å². The van der Waals surface area contributed by atoms with Crippen LogP contribution in [0.2, 0.25) is 0 Å². The zero-order valence-corrected chi connectivity index (χ0v) is 8.97. The van der Waals surface area contributed by atoms with Crippen molar-refractivity contribution >= 4 is 5.82 Å². The molecule has 2 rings (SSSR count). The van der Waals surface area contributed by atoms with Gasteiger partial charge in [-0.25, -0.2) is 4.98 Å². The predicted octanol–water partition coefficient (Wildman–Crippen LogP) is 0.634. The van der Waals surface area contributed by atoms with E-state index >= 15 is 0 Å². The molecule has 2 N–H and O–H groups in total. The Hall–Kier alpha value is -1.13. The maximum Gasteiger partial charge on any atom is 0.128 e. The molecule has 82 valence electrons. The van der Waals surface area contributed by atoms with Crippen molar-refractivity contribution in [3.05, 3.63) is 24.4 Å². The Kier molecular flexibility index (Phi) is 3.18. The van der Waals surface area contributed by atoms with E-state index in [0.29, 0.717) is 0 Å². The summed E-state index contributed by atoms with van der Waals surface area (Å²) in [6.07, 6.45) is 1.92. The molecule has 1 aliphatic heterocycles. The number of ether oxygens (including phenoxy) is 1. The summed E-state index contributed by atoms with van der Waals surface area (Å²) >= 11 is 0. The molecule has 0 amide bonds. The van der Waals surface area contributed by atoms with Crippen molar-refractivity contribution < 1.29 is 4.74 Å². The van der Waals surface area contributed by atoms with Gasteiger partial charge in [0.15, 0.2) is 0 Å². The first kappa shape index (κ1) is 10.4. The predicted molar refractivity (Wildman–Crippen MR) is 59.8 cm³/mol. The summed E-state index contributed by atoms with van der Waals surface area (Å²) in [6.45, 7) is 4.42. The molecule has 4 nitrogen and oxygen atoms in total. The molecule has 0 spiro atoms. The van der Waals surface area contributed by atoms with E-state index < -0.39 is 0 Å². The first-order chi connectivity index (χ1) is 7.27. The lowest BCUT2D eigenvalue weighted by Crippen LogP contribution is -2.49. The number of nitrogens with two attached hydrogens (primary N) is 1. The maximum absolute atomic E-state index is 5.84. The maximum atomic E-state index is 5.84. The lowest BCUT2D eigenvalue weighted by Gasteiger charge is -2.35. The highest BCUT2D eigenvalue weighted by molar-refractivity contribution is 5.38. The van der Waals surface area contributed by atoms with Crippen LogP contribution in [-0.2, 0) is 4.74 Å². The first-order valence-electron chi connectivity index (χ1n) is 5.30. The van der Waals surface area contributed by atoms with Crippen molar-refractivity contribution in [3.63, 3.8) is 0 Å². The molecule has 0 bridgehead atoms. The highest BCUT2D eigenvalue weighted by atomic mass is 16.5. The zero-order valence-electron chi connectivity index (χ0n) is 8.97. The number of rotatable bonds is 2. The minimum absolute atomic E-state index is 0.0662. The Bertz CT molecular complexity index is 302. The number of hydrogen-bond acceptors (Lipinski definition) is 4. The van der Waals surface area contributed by atoms with Crippen LogP contribution in [0.25, 0.3) is 0 Å². The molecule has 2 unspecified atom stereocenters. The lowest BCUT2D eigenvalue weighted by molar-refractivity contribution is 0.0273. The standard InChI is InChI=1S/C11H17N3O/c1-9(12)10-8-14(6-7-15-10)11-4-2-3-5-13-11/h2-5,9-10H,6-8,12H2,1H3. The normalized spacial score (nSPS) is 23.9. The summed E-state index contributed by atoms with van der Waals surface area (Å²) in [6, 6.07) is 6.01. The van der Waals surface area contributed by atoms with Gasteiger partial charge in [-0.05, 0) is 19.1 Å². The van der Waals surface area contributed by atoms with Gasteiger partial charge in [-0.2, -0.15) is 0 Å². The van der Waals surface area contributed by atoms with Gasteiger partial charge in [0.05, 0.1) is 12.7 Å². The van der Waals surface area contributed by atoms with E-state index in [0.717, 1.165) is 25.5 Å². The van der Waals surface area contributed by atoms with Gasteiger partial charge in [-0.3, -0.25) is 0 Å². The van der Waals surface area contributed by atoms with Gasteiger partial charge >= 0.3 is 0 Å². The van der Waals surface area contributed by atoms with Crippen molar-refractivity contribution in [1.82, 2.24) is 4.98 Å². The molecular formula is C11H17N3O. The molecule has 2 heterocycles. The van der Waals surface area contributed by atoms with Crippen LogP contribution < -0.4 is 10.6 Å². The van der Waals surface area contributed by atoms with Crippen molar-refractivity contribution in [3.8, 4) is 0 Å². The Morgan fingerprint density at radius 1 is 1.60 bits per heavy atom. The Morgan fingerprint density at radius 2 is 2.47 bits per heavy atom. The molecule has 0 aliphatic carbocycles. The van der Waals surface area contributed by atoms with Gasteiger partial charge < -0.3 is 15.4 Å². The van der Waals surface area contributed by atoms with Gasteiger partial charge in [-0.15, -0.1) is 0 Å². The summed E-state index contributed by atoms with van der Waals surface area (Å²) in [5.74, 6) is 1.01. The second-order valence-electron chi connectivity index (χ2n) is 3.90. The smallest absolute Gasteiger partial charge is 0.128 e. The molecule has 0 radical (unpaired) electrons. The van der Waals surface area contributed by atoms with Gasteiger partial charge in [0.25, 0.3) is 0 Å². The topological polar surface area (TPSA) is 51.4 Å². The molecule has 2 atom stereocenters. The number of pyridine rings is 1. The van der Waals surface area contributed by atoms with Crippen molar-refractivity contribution in [2.45, 2.75) is 19.1 Å². The highest BCUT2D eigenvalue weighted by Crippen LogP contribution is 2.15. The lowest BCUT2D eigenvalue weighted by atomic mass is 10.1. The zero-order chi connectivity index (χ0) is 10.7. The molecule has 1 saturated heterocycles. The molecule has 0 saturated carbocycles. The summed E-state index contributed by atoms with van der Waals surface area (Å²) < 4.78 is 5.60. The average Bonchev–Trinajstić information content (AvgIpc) is 2.30. The number of aromatic nitrogens is 1. The molecule has 1 aromatic heterocycles. The SMILES string of the molecule is CC(N)C1CN(c2ccccn2)CCO1. The molecule has 1 fully saturated rings. The number of hydrogen-bond donors (Lipinski definition) is 1.